The Hall–Kier alpha value is -1.52. The molecular weight excluding hydrogens is 318 g/mol. The molecule has 0 spiro atoms. The van der Waals surface area contributed by atoms with Crippen molar-refractivity contribution in [2.24, 2.45) is 0 Å². The second-order valence-electron chi connectivity index (χ2n) is 3.79. The Morgan fingerprint density at radius 2 is 2.00 bits per heavy atom. The van der Waals surface area contributed by atoms with Gasteiger partial charge in [0.05, 0.1) is 6.61 Å². The third kappa shape index (κ3) is 10.4. The summed E-state index contributed by atoms with van der Waals surface area (Å²) in [6.07, 6.45) is 11.1. The maximum atomic E-state index is 5.32. The molecule has 0 bridgehead atoms. The van der Waals surface area contributed by atoms with E-state index in [1.165, 1.54) is 0 Å². The number of halogens is 1. The second kappa shape index (κ2) is 12.5. The predicted octanol–water partition coefficient (Wildman–Crippen LogP) is 4.19. The monoisotopic (exact) mass is 339 g/mol. The smallest absolute Gasteiger partial charge is 0.112 e. The van der Waals surface area contributed by atoms with Crippen LogP contribution in [0.25, 0.3) is 0 Å². The molecule has 0 aliphatic rings. The van der Waals surface area contributed by atoms with E-state index < -0.39 is 0 Å². The molecule has 0 rings (SSSR count). The molecule has 0 aromatic rings. The molecule has 110 valence electrons. The predicted molar refractivity (Wildman–Crippen MR) is 89.3 cm³/mol. The lowest BCUT2D eigenvalue weighted by atomic mass is 10.3. The van der Waals surface area contributed by atoms with Crippen LogP contribution in [0.15, 0.2) is 71.8 Å². The maximum absolute atomic E-state index is 5.32. The van der Waals surface area contributed by atoms with E-state index in [0.717, 1.165) is 11.4 Å². The van der Waals surface area contributed by atoms with Crippen LogP contribution in [0.5, 0.6) is 0 Å². The molecule has 0 heterocycles. The third-order valence-electron chi connectivity index (χ3n) is 2.08. The molecule has 0 aliphatic carbocycles. The molecular formula is C16H22BrNO2. The van der Waals surface area contributed by atoms with Crippen molar-refractivity contribution in [3.05, 3.63) is 71.8 Å². The Labute approximate surface area is 130 Å². The number of hydrogen-bond acceptors (Lipinski definition) is 3. The van der Waals surface area contributed by atoms with E-state index >= 15 is 0 Å². The van der Waals surface area contributed by atoms with Gasteiger partial charge in [0, 0.05) is 18.5 Å². The van der Waals surface area contributed by atoms with Crippen LogP contribution in [-0.4, -0.2) is 20.3 Å². The first kappa shape index (κ1) is 18.5. The van der Waals surface area contributed by atoms with Gasteiger partial charge in [-0.25, -0.2) is 0 Å². The molecule has 0 amide bonds. The summed E-state index contributed by atoms with van der Waals surface area (Å²) in [7, 11) is 1.63. The minimum absolute atomic E-state index is 0.503. The van der Waals surface area contributed by atoms with Crippen molar-refractivity contribution in [2.45, 2.75) is 6.92 Å². The average molecular weight is 340 g/mol. The Balaban J connectivity index is 4.33. The van der Waals surface area contributed by atoms with Crippen LogP contribution >= 0.6 is 15.9 Å². The van der Waals surface area contributed by atoms with Crippen LogP contribution < -0.4 is 5.32 Å². The van der Waals surface area contributed by atoms with Crippen molar-refractivity contribution in [1.82, 2.24) is 5.32 Å². The minimum Gasteiger partial charge on any atom is -0.492 e. The van der Waals surface area contributed by atoms with Crippen molar-refractivity contribution >= 4 is 15.9 Å². The highest BCUT2D eigenvalue weighted by atomic mass is 79.9. The number of hydrogen-bond donors (Lipinski definition) is 1. The number of rotatable bonds is 10. The van der Waals surface area contributed by atoms with Gasteiger partial charge in [-0.15, -0.1) is 0 Å². The van der Waals surface area contributed by atoms with Crippen molar-refractivity contribution in [3.63, 3.8) is 0 Å². The van der Waals surface area contributed by atoms with Crippen LogP contribution in [0.2, 0.25) is 0 Å². The summed E-state index contributed by atoms with van der Waals surface area (Å²) < 4.78 is 10.2. The molecule has 1 N–H and O–H groups in total. The van der Waals surface area contributed by atoms with Crippen LogP contribution in [0.1, 0.15) is 6.92 Å². The summed E-state index contributed by atoms with van der Waals surface area (Å²) >= 11 is 3.24. The van der Waals surface area contributed by atoms with Gasteiger partial charge in [0.2, 0.25) is 0 Å². The Bertz CT molecular complexity index is 420. The van der Waals surface area contributed by atoms with Crippen molar-refractivity contribution in [3.8, 4) is 0 Å². The van der Waals surface area contributed by atoms with Crippen LogP contribution in [0.4, 0.5) is 0 Å². The maximum Gasteiger partial charge on any atom is 0.112 e. The first-order valence-electron chi connectivity index (χ1n) is 6.16. The standard InChI is InChI=1S/C16H22BrNO2/c1-5-7-16(10-11-17)18-14(2)8-6-9-15(3)20-13-12-19-4/h5-11,18H,1,3,12-13H2,2,4H3/b9-6-,11-10+,14-8+,16-7+. The van der Waals surface area contributed by atoms with E-state index in [1.807, 2.05) is 31.2 Å². The van der Waals surface area contributed by atoms with Crippen molar-refractivity contribution in [2.75, 3.05) is 20.3 Å². The van der Waals surface area contributed by atoms with Crippen LogP contribution in [0, 0.1) is 0 Å². The molecule has 0 fully saturated rings. The summed E-state index contributed by atoms with van der Waals surface area (Å²) in [6, 6.07) is 0. The van der Waals surface area contributed by atoms with E-state index in [1.54, 1.807) is 24.2 Å². The van der Waals surface area contributed by atoms with Gasteiger partial charge in [0.25, 0.3) is 0 Å². The Kier molecular flexibility index (Phi) is 11.6. The molecule has 0 radical (unpaired) electrons. The van der Waals surface area contributed by atoms with Gasteiger partial charge >= 0.3 is 0 Å². The van der Waals surface area contributed by atoms with Gasteiger partial charge in [-0.3, -0.25) is 0 Å². The first-order chi connectivity index (χ1) is 9.63. The Morgan fingerprint density at radius 1 is 1.25 bits per heavy atom. The van der Waals surface area contributed by atoms with Gasteiger partial charge in [-0.1, -0.05) is 41.2 Å². The molecule has 0 saturated heterocycles. The van der Waals surface area contributed by atoms with Crippen molar-refractivity contribution in [1.29, 1.82) is 0 Å². The number of ether oxygens (including phenoxy) is 2. The van der Waals surface area contributed by atoms with E-state index in [4.69, 9.17) is 9.47 Å². The molecule has 0 atom stereocenters. The lowest BCUT2D eigenvalue weighted by molar-refractivity contribution is 0.115. The molecule has 20 heavy (non-hydrogen) atoms. The summed E-state index contributed by atoms with van der Waals surface area (Å²) in [6.45, 7) is 10.5. The largest absolute Gasteiger partial charge is 0.492 e. The lowest BCUT2D eigenvalue weighted by Gasteiger charge is -2.06. The zero-order valence-electron chi connectivity index (χ0n) is 12.1. The SMILES string of the molecule is C=C/C=C(\C=C\Br)N/C(C)=C/C=C\C(=C)OCCOC. The zero-order valence-corrected chi connectivity index (χ0v) is 13.7. The summed E-state index contributed by atoms with van der Waals surface area (Å²) in [5.74, 6) is 0.605. The van der Waals surface area contributed by atoms with Gasteiger partial charge < -0.3 is 14.8 Å². The van der Waals surface area contributed by atoms with E-state index in [9.17, 15) is 0 Å². The zero-order chi connectivity index (χ0) is 15.2. The summed E-state index contributed by atoms with van der Waals surface area (Å²) in [5, 5.41) is 3.24. The highest BCUT2D eigenvalue weighted by Gasteiger charge is 1.91. The fraction of sp³-hybridized carbons (Fsp3) is 0.250. The Morgan fingerprint density at radius 3 is 2.60 bits per heavy atom. The molecule has 0 aromatic carbocycles. The normalized spacial score (nSPS) is 12.9. The molecule has 3 nitrogen and oxygen atoms in total. The van der Waals surface area contributed by atoms with Crippen molar-refractivity contribution < 1.29 is 9.47 Å². The number of methoxy groups -OCH3 is 1. The fourth-order valence-electron chi connectivity index (χ4n) is 1.21. The molecule has 0 aliphatic heterocycles. The average Bonchev–Trinajstić information content (AvgIpc) is 2.39. The second-order valence-corrected chi connectivity index (χ2v) is 4.32. The van der Waals surface area contributed by atoms with E-state index in [2.05, 4.69) is 34.4 Å². The summed E-state index contributed by atoms with van der Waals surface area (Å²) in [4.78, 5) is 1.78. The third-order valence-corrected chi connectivity index (χ3v) is 2.35. The number of nitrogens with one attached hydrogen (secondary N) is 1. The molecule has 4 heteroatoms. The van der Waals surface area contributed by atoms with E-state index in [-0.39, 0.29) is 0 Å². The quantitative estimate of drug-likeness (QED) is 0.367. The fourth-order valence-corrected chi connectivity index (χ4v) is 1.49. The van der Waals surface area contributed by atoms with Gasteiger partial charge in [0.15, 0.2) is 0 Å². The van der Waals surface area contributed by atoms with Gasteiger partial charge in [-0.2, -0.15) is 0 Å². The lowest BCUT2D eigenvalue weighted by Crippen LogP contribution is -2.08. The van der Waals surface area contributed by atoms with Crippen LogP contribution in [0.3, 0.4) is 0 Å². The highest BCUT2D eigenvalue weighted by molar-refractivity contribution is 9.11. The minimum atomic E-state index is 0.503. The topological polar surface area (TPSA) is 30.5 Å². The highest BCUT2D eigenvalue weighted by Crippen LogP contribution is 2.01. The molecule has 0 aromatic heterocycles. The molecule has 0 saturated carbocycles. The molecule has 0 unspecified atom stereocenters. The van der Waals surface area contributed by atoms with Crippen LogP contribution in [-0.2, 0) is 9.47 Å². The summed E-state index contributed by atoms with van der Waals surface area (Å²) in [5.41, 5.74) is 1.93. The number of allylic oxidation sites excluding steroid dienone is 7. The van der Waals surface area contributed by atoms with Gasteiger partial charge in [-0.05, 0) is 36.2 Å². The van der Waals surface area contributed by atoms with Gasteiger partial charge in [0.1, 0.15) is 12.4 Å². The first-order valence-corrected chi connectivity index (χ1v) is 7.07. The van der Waals surface area contributed by atoms with E-state index in [0.29, 0.717) is 19.0 Å².